The summed E-state index contributed by atoms with van der Waals surface area (Å²) in [4.78, 5) is 0. The molecule has 0 amide bonds. The van der Waals surface area contributed by atoms with Gasteiger partial charge in [0.05, 0.1) is 24.8 Å². The zero-order valence-electron chi connectivity index (χ0n) is 9.04. The highest BCUT2D eigenvalue weighted by Crippen LogP contribution is 2.32. The van der Waals surface area contributed by atoms with Gasteiger partial charge in [0.2, 0.25) is 0 Å². The van der Waals surface area contributed by atoms with Gasteiger partial charge >= 0.3 is 6.18 Å². The van der Waals surface area contributed by atoms with E-state index in [-0.39, 0.29) is 18.8 Å². The Bertz CT molecular complexity index is 453. The van der Waals surface area contributed by atoms with E-state index in [0.717, 1.165) is 6.07 Å². The van der Waals surface area contributed by atoms with Crippen LogP contribution in [0.3, 0.4) is 0 Å². The number of rotatable bonds is 4. The smallest absolute Gasteiger partial charge is 0.394 e. The Morgan fingerprint density at radius 3 is 2.50 bits per heavy atom. The summed E-state index contributed by atoms with van der Waals surface area (Å²) < 4.78 is 55.2. The van der Waals surface area contributed by atoms with Crippen LogP contribution in [0.5, 0.6) is 0 Å². The van der Waals surface area contributed by atoms with Crippen molar-refractivity contribution >= 4 is 0 Å². The fourth-order valence-corrected chi connectivity index (χ4v) is 1.31. The molecule has 3 nitrogen and oxygen atoms in total. The van der Waals surface area contributed by atoms with Crippen molar-refractivity contribution in [2.75, 3.05) is 13.2 Å². The molecule has 0 saturated heterocycles. The van der Waals surface area contributed by atoms with Crippen molar-refractivity contribution in [1.82, 2.24) is 0 Å². The third-order valence-electron chi connectivity index (χ3n) is 2.04. The minimum Gasteiger partial charge on any atom is -0.394 e. The summed E-state index contributed by atoms with van der Waals surface area (Å²) >= 11 is 0. The van der Waals surface area contributed by atoms with Crippen molar-refractivity contribution in [1.29, 1.82) is 5.26 Å². The zero-order chi connectivity index (χ0) is 13.8. The predicted molar refractivity (Wildman–Crippen MR) is 52.8 cm³/mol. The van der Waals surface area contributed by atoms with Crippen LogP contribution in [-0.4, -0.2) is 18.3 Å². The maximum atomic E-state index is 13.1. The van der Waals surface area contributed by atoms with Gasteiger partial charge in [-0.1, -0.05) is 0 Å². The molecule has 18 heavy (non-hydrogen) atoms. The minimum atomic E-state index is -4.70. The summed E-state index contributed by atoms with van der Waals surface area (Å²) in [5, 5.41) is 17.2. The average Bonchev–Trinajstić information content (AvgIpc) is 2.28. The molecule has 0 aliphatic heterocycles. The van der Waals surface area contributed by atoms with Crippen molar-refractivity contribution in [3.8, 4) is 6.07 Å². The van der Waals surface area contributed by atoms with E-state index in [4.69, 9.17) is 15.1 Å². The lowest BCUT2D eigenvalue weighted by Crippen LogP contribution is -2.10. The van der Waals surface area contributed by atoms with Crippen LogP contribution in [0.2, 0.25) is 0 Å². The number of alkyl halides is 3. The standard InChI is InChI=1S/C11H9F4NO2/c12-9-4-7(10(6-16)18-2-1-17)3-8(5-9)11(13,14)15/h3-5,10,17H,1-2H2. The molecule has 0 aliphatic rings. The molecule has 0 aromatic heterocycles. The molecule has 1 N–H and O–H groups in total. The van der Waals surface area contributed by atoms with E-state index in [0.29, 0.717) is 12.1 Å². The Labute approximate surface area is 100 Å². The number of nitrogens with zero attached hydrogens (tertiary/aromatic N) is 1. The van der Waals surface area contributed by atoms with Gasteiger partial charge in [0.15, 0.2) is 6.10 Å². The van der Waals surface area contributed by atoms with Crippen LogP contribution in [0.1, 0.15) is 17.2 Å². The number of aliphatic hydroxyl groups excluding tert-OH is 1. The number of ether oxygens (including phenoxy) is 1. The summed E-state index contributed by atoms with van der Waals surface area (Å²) in [5.41, 5.74) is -1.43. The SMILES string of the molecule is N#CC(OCCO)c1cc(F)cc(C(F)(F)F)c1. The van der Waals surface area contributed by atoms with Crippen molar-refractivity contribution in [2.24, 2.45) is 0 Å². The normalized spacial score (nSPS) is 13.1. The summed E-state index contributed by atoms with van der Waals surface area (Å²) in [7, 11) is 0. The molecule has 0 heterocycles. The minimum absolute atomic E-state index is 0.226. The van der Waals surface area contributed by atoms with Crippen LogP contribution in [0.25, 0.3) is 0 Å². The monoisotopic (exact) mass is 263 g/mol. The van der Waals surface area contributed by atoms with Gasteiger partial charge in [-0.05, 0) is 23.8 Å². The van der Waals surface area contributed by atoms with Crippen LogP contribution >= 0.6 is 0 Å². The number of benzene rings is 1. The Hall–Kier alpha value is -1.65. The summed E-state index contributed by atoms with van der Waals surface area (Å²) in [6.07, 6.45) is -6.05. The maximum Gasteiger partial charge on any atom is 0.416 e. The van der Waals surface area contributed by atoms with E-state index in [1.165, 1.54) is 0 Å². The molecule has 1 aromatic carbocycles. The molecule has 0 fully saturated rings. The van der Waals surface area contributed by atoms with Crippen molar-refractivity contribution in [3.05, 3.63) is 35.1 Å². The number of hydrogen-bond acceptors (Lipinski definition) is 3. The van der Waals surface area contributed by atoms with E-state index < -0.39 is 23.7 Å². The van der Waals surface area contributed by atoms with Crippen LogP contribution in [0, 0.1) is 17.1 Å². The van der Waals surface area contributed by atoms with E-state index in [2.05, 4.69) is 0 Å². The summed E-state index contributed by atoms with van der Waals surface area (Å²) in [5.74, 6) is -1.10. The summed E-state index contributed by atoms with van der Waals surface area (Å²) in [6, 6.07) is 3.37. The van der Waals surface area contributed by atoms with E-state index in [1.54, 1.807) is 6.07 Å². The van der Waals surface area contributed by atoms with Crippen LogP contribution in [0.4, 0.5) is 17.6 Å². The predicted octanol–water partition coefficient (Wildman–Crippen LogP) is 2.42. The molecule has 98 valence electrons. The van der Waals surface area contributed by atoms with Crippen LogP contribution < -0.4 is 0 Å². The van der Waals surface area contributed by atoms with Gasteiger partial charge in [0.25, 0.3) is 0 Å². The molecule has 7 heteroatoms. The first-order valence-corrected chi connectivity index (χ1v) is 4.88. The highest BCUT2D eigenvalue weighted by molar-refractivity contribution is 5.30. The Morgan fingerprint density at radius 2 is 2.00 bits per heavy atom. The van der Waals surface area contributed by atoms with Crippen molar-refractivity contribution in [2.45, 2.75) is 12.3 Å². The van der Waals surface area contributed by atoms with E-state index in [9.17, 15) is 17.6 Å². The molecule has 1 unspecified atom stereocenters. The lowest BCUT2D eigenvalue weighted by atomic mass is 10.1. The molecular weight excluding hydrogens is 254 g/mol. The van der Waals surface area contributed by atoms with Crippen molar-refractivity contribution in [3.63, 3.8) is 0 Å². The number of halogens is 4. The molecular formula is C11H9F4NO2. The quantitative estimate of drug-likeness (QED) is 0.849. The second-order valence-electron chi connectivity index (χ2n) is 3.37. The second kappa shape index (κ2) is 5.80. The van der Waals surface area contributed by atoms with Gasteiger partial charge in [0.1, 0.15) is 5.82 Å². The van der Waals surface area contributed by atoms with Gasteiger partial charge in [-0.2, -0.15) is 18.4 Å². The Kier molecular flexibility index (Phi) is 4.64. The molecule has 1 atom stereocenters. The first-order valence-electron chi connectivity index (χ1n) is 4.88. The fourth-order valence-electron chi connectivity index (χ4n) is 1.31. The van der Waals surface area contributed by atoms with E-state index in [1.807, 2.05) is 0 Å². The first-order chi connectivity index (χ1) is 8.38. The van der Waals surface area contributed by atoms with Crippen LogP contribution in [0.15, 0.2) is 18.2 Å². The number of aliphatic hydroxyl groups is 1. The molecule has 0 radical (unpaired) electrons. The Balaban J connectivity index is 3.09. The highest BCUT2D eigenvalue weighted by Gasteiger charge is 2.32. The molecule has 1 aromatic rings. The van der Waals surface area contributed by atoms with E-state index >= 15 is 0 Å². The van der Waals surface area contributed by atoms with Gasteiger partial charge < -0.3 is 9.84 Å². The molecule has 0 bridgehead atoms. The van der Waals surface area contributed by atoms with Crippen molar-refractivity contribution < 1.29 is 27.4 Å². The van der Waals surface area contributed by atoms with Crippen LogP contribution in [-0.2, 0) is 10.9 Å². The zero-order valence-corrected chi connectivity index (χ0v) is 9.04. The topological polar surface area (TPSA) is 53.2 Å². The molecule has 1 rings (SSSR count). The maximum absolute atomic E-state index is 13.1. The lowest BCUT2D eigenvalue weighted by Gasteiger charge is -2.13. The highest BCUT2D eigenvalue weighted by atomic mass is 19.4. The lowest BCUT2D eigenvalue weighted by molar-refractivity contribution is -0.137. The fraction of sp³-hybridized carbons (Fsp3) is 0.364. The number of hydrogen-bond donors (Lipinski definition) is 1. The van der Waals surface area contributed by atoms with Gasteiger partial charge in [-0.25, -0.2) is 4.39 Å². The third kappa shape index (κ3) is 3.68. The Morgan fingerprint density at radius 1 is 1.33 bits per heavy atom. The third-order valence-corrected chi connectivity index (χ3v) is 2.04. The molecule has 0 spiro atoms. The van der Waals surface area contributed by atoms with Gasteiger partial charge in [-0.3, -0.25) is 0 Å². The first kappa shape index (κ1) is 14.4. The molecule has 0 aliphatic carbocycles. The number of nitriles is 1. The average molecular weight is 263 g/mol. The van der Waals surface area contributed by atoms with Gasteiger partial charge in [0, 0.05) is 0 Å². The largest absolute Gasteiger partial charge is 0.416 e. The molecule has 0 saturated carbocycles. The summed E-state index contributed by atoms with van der Waals surface area (Å²) in [6.45, 7) is -0.615. The van der Waals surface area contributed by atoms with Gasteiger partial charge in [-0.15, -0.1) is 0 Å². The second-order valence-corrected chi connectivity index (χ2v) is 3.37.